The number of epoxide rings is 1. The summed E-state index contributed by atoms with van der Waals surface area (Å²) in [4.78, 5) is 0. The Morgan fingerprint density at radius 3 is 2.06 bits per heavy atom. The molecule has 32 heavy (non-hydrogen) atoms. The van der Waals surface area contributed by atoms with E-state index in [4.69, 9.17) is 9.47 Å². The summed E-state index contributed by atoms with van der Waals surface area (Å²) >= 11 is 0. The molecule has 3 aromatic rings. The fourth-order valence-corrected chi connectivity index (χ4v) is 4.35. The minimum Gasteiger partial charge on any atom is -0.374 e. The Morgan fingerprint density at radius 1 is 0.750 bits per heavy atom. The fraction of sp³-hybridized carbons (Fsp3) is 0.259. The zero-order valence-corrected chi connectivity index (χ0v) is 17.5. The van der Waals surface area contributed by atoms with E-state index < -0.39 is 11.6 Å². The molecule has 3 unspecified atom stereocenters. The first-order valence-corrected chi connectivity index (χ1v) is 10.8. The summed E-state index contributed by atoms with van der Waals surface area (Å²) in [5.41, 5.74) is 3.18. The highest BCUT2D eigenvalue weighted by Crippen LogP contribution is 2.37. The standard InChI is InChI=1S/C27H23F3O2/c1-2-20-9-7-19(14-31-20)21-10-8-18(13-24(21)28)16-3-5-17(6-4-16)22-11-12-23(25-15-32-25)27(30)26(22)29/h2-6,8,10-13,19-20,25H,1,7,9,14-15H2. The lowest BCUT2D eigenvalue weighted by Crippen LogP contribution is -2.23. The van der Waals surface area contributed by atoms with E-state index in [0.717, 1.165) is 24.0 Å². The molecular formula is C27H23F3O2. The van der Waals surface area contributed by atoms with Gasteiger partial charge >= 0.3 is 0 Å². The first kappa shape index (κ1) is 21.0. The molecule has 0 saturated carbocycles. The number of hydrogen-bond acceptors (Lipinski definition) is 2. The first-order chi connectivity index (χ1) is 15.5. The van der Waals surface area contributed by atoms with E-state index in [9.17, 15) is 13.2 Å². The Morgan fingerprint density at radius 2 is 1.44 bits per heavy atom. The van der Waals surface area contributed by atoms with Crippen LogP contribution in [0.15, 0.2) is 67.3 Å². The molecule has 3 aromatic carbocycles. The Bertz CT molecular complexity index is 1140. The Kier molecular flexibility index (Phi) is 5.62. The number of halogens is 3. The second-order valence-electron chi connectivity index (χ2n) is 8.35. The van der Waals surface area contributed by atoms with Gasteiger partial charge in [0.25, 0.3) is 0 Å². The van der Waals surface area contributed by atoms with Crippen LogP contribution in [0.5, 0.6) is 0 Å². The third-order valence-corrected chi connectivity index (χ3v) is 6.34. The molecule has 5 heteroatoms. The molecule has 0 bridgehead atoms. The van der Waals surface area contributed by atoms with Gasteiger partial charge in [-0.05, 0) is 41.2 Å². The van der Waals surface area contributed by atoms with Gasteiger partial charge in [0, 0.05) is 17.0 Å². The maximum Gasteiger partial charge on any atom is 0.167 e. The molecule has 164 valence electrons. The molecule has 2 saturated heterocycles. The van der Waals surface area contributed by atoms with Gasteiger partial charge in [-0.2, -0.15) is 0 Å². The number of ether oxygens (including phenoxy) is 2. The predicted molar refractivity (Wildman–Crippen MR) is 118 cm³/mol. The third-order valence-electron chi connectivity index (χ3n) is 6.34. The van der Waals surface area contributed by atoms with Gasteiger partial charge in [-0.3, -0.25) is 0 Å². The maximum atomic E-state index is 14.9. The van der Waals surface area contributed by atoms with Crippen LogP contribution in [0, 0.1) is 17.5 Å². The molecule has 0 spiro atoms. The topological polar surface area (TPSA) is 21.8 Å². The van der Waals surface area contributed by atoms with E-state index in [0.29, 0.717) is 24.3 Å². The van der Waals surface area contributed by atoms with Crippen molar-refractivity contribution in [2.75, 3.05) is 13.2 Å². The van der Waals surface area contributed by atoms with Crippen molar-refractivity contribution in [2.45, 2.75) is 31.0 Å². The molecule has 0 radical (unpaired) electrons. The van der Waals surface area contributed by atoms with Gasteiger partial charge in [-0.1, -0.05) is 54.6 Å². The SMILES string of the molecule is C=CC1CCC(c2ccc(-c3ccc(-c4ccc(C5CO5)c(F)c4F)cc3)cc2F)CO1. The average molecular weight is 436 g/mol. The normalized spacial score (nSPS) is 22.5. The van der Waals surface area contributed by atoms with Gasteiger partial charge < -0.3 is 9.47 Å². The number of benzene rings is 3. The molecule has 5 rings (SSSR count). The van der Waals surface area contributed by atoms with E-state index in [1.807, 2.05) is 12.1 Å². The average Bonchev–Trinajstić information content (AvgIpc) is 3.66. The van der Waals surface area contributed by atoms with Crippen LogP contribution < -0.4 is 0 Å². The maximum absolute atomic E-state index is 14.9. The molecule has 2 fully saturated rings. The van der Waals surface area contributed by atoms with Gasteiger partial charge in [-0.25, -0.2) is 13.2 Å². The predicted octanol–water partition coefficient (Wildman–Crippen LogP) is 6.96. The van der Waals surface area contributed by atoms with Crippen LogP contribution in [0.3, 0.4) is 0 Å². The first-order valence-electron chi connectivity index (χ1n) is 10.8. The van der Waals surface area contributed by atoms with Gasteiger partial charge in [0.05, 0.1) is 19.3 Å². The van der Waals surface area contributed by atoms with Crippen LogP contribution in [-0.2, 0) is 9.47 Å². The minimum atomic E-state index is -0.880. The Hall–Kier alpha value is -2.89. The van der Waals surface area contributed by atoms with Gasteiger partial charge in [0.2, 0.25) is 0 Å². The molecule has 0 aliphatic carbocycles. The zero-order valence-electron chi connectivity index (χ0n) is 17.5. The lowest BCUT2D eigenvalue weighted by atomic mass is 9.89. The van der Waals surface area contributed by atoms with E-state index >= 15 is 0 Å². The lowest BCUT2D eigenvalue weighted by molar-refractivity contribution is 0.0321. The molecule has 2 heterocycles. The quantitative estimate of drug-likeness (QED) is 0.319. The number of hydrogen-bond donors (Lipinski definition) is 0. The van der Waals surface area contributed by atoms with Crippen molar-refractivity contribution in [1.82, 2.24) is 0 Å². The van der Waals surface area contributed by atoms with Crippen LogP contribution in [0.25, 0.3) is 22.3 Å². The third kappa shape index (κ3) is 3.98. The molecule has 0 amide bonds. The van der Waals surface area contributed by atoms with Crippen molar-refractivity contribution < 1.29 is 22.6 Å². The van der Waals surface area contributed by atoms with Crippen LogP contribution >= 0.6 is 0 Å². The molecular weight excluding hydrogens is 413 g/mol. The molecule has 0 N–H and O–H groups in total. The van der Waals surface area contributed by atoms with E-state index in [2.05, 4.69) is 6.58 Å². The summed E-state index contributed by atoms with van der Waals surface area (Å²) in [5, 5.41) is 0. The van der Waals surface area contributed by atoms with Crippen molar-refractivity contribution in [3.63, 3.8) is 0 Å². The van der Waals surface area contributed by atoms with Crippen LogP contribution in [-0.4, -0.2) is 19.3 Å². The monoisotopic (exact) mass is 436 g/mol. The van der Waals surface area contributed by atoms with Crippen LogP contribution in [0.2, 0.25) is 0 Å². The largest absolute Gasteiger partial charge is 0.374 e. The highest BCUT2D eigenvalue weighted by Gasteiger charge is 2.30. The van der Waals surface area contributed by atoms with E-state index in [1.165, 1.54) is 6.07 Å². The fourth-order valence-electron chi connectivity index (χ4n) is 4.35. The summed E-state index contributed by atoms with van der Waals surface area (Å²) in [6.45, 7) is 4.65. The molecule has 3 atom stereocenters. The summed E-state index contributed by atoms with van der Waals surface area (Å²) < 4.78 is 54.6. The second-order valence-corrected chi connectivity index (χ2v) is 8.35. The van der Waals surface area contributed by atoms with Gasteiger partial charge in [-0.15, -0.1) is 6.58 Å². The lowest BCUT2D eigenvalue weighted by Gasteiger charge is -2.27. The van der Waals surface area contributed by atoms with Crippen molar-refractivity contribution >= 4 is 0 Å². The minimum absolute atomic E-state index is 0.0320. The summed E-state index contributed by atoms with van der Waals surface area (Å²) in [5.74, 6) is -1.97. The van der Waals surface area contributed by atoms with Gasteiger partial charge in [0.1, 0.15) is 11.9 Å². The van der Waals surface area contributed by atoms with Crippen LogP contribution in [0.1, 0.15) is 36.0 Å². The summed E-state index contributed by atoms with van der Waals surface area (Å²) in [7, 11) is 0. The van der Waals surface area contributed by atoms with Crippen molar-refractivity contribution in [1.29, 1.82) is 0 Å². The van der Waals surface area contributed by atoms with E-state index in [-0.39, 0.29) is 35.1 Å². The second kappa shape index (κ2) is 8.57. The van der Waals surface area contributed by atoms with E-state index in [1.54, 1.807) is 42.5 Å². The smallest absolute Gasteiger partial charge is 0.167 e. The van der Waals surface area contributed by atoms with Crippen molar-refractivity contribution in [3.8, 4) is 22.3 Å². The molecule has 0 aromatic heterocycles. The van der Waals surface area contributed by atoms with Crippen molar-refractivity contribution in [3.05, 3.63) is 95.8 Å². The summed E-state index contributed by atoms with van der Waals surface area (Å²) in [6, 6.07) is 15.4. The Balaban J connectivity index is 1.36. The highest BCUT2D eigenvalue weighted by molar-refractivity contribution is 5.71. The summed E-state index contributed by atoms with van der Waals surface area (Å²) in [6.07, 6.45) is 3.18. The van der Waals surface area contributed by atoms with Gasteiger partial charge in [0.15, 0.2) is 11.6 Å². The molecule has 2 aliphatic heterocycles. The molecule has 2 aliphatic rings. The molecule has 2 nitrogen and oxygen atoms in total. The van der Waals surface area contributed by atoms with Crippen LogP contribution in [0.4, 0.5) is 13.2 Å². The van der Waals surface area contributed by atoms with Crippen molar-refractivity contribution in [2.24, 2.45) is 0 Å². The highest BCUT2D eigenvalue weighted by atomic mass is 19.2. The Labute approximate surface area is 185 Å². The number of rotatable bonds is 5. The zero-order chi connectivity index (χ0) is 22.2.